The van der Waals surface area contributed by atoms with Gasteiger partial charge in [0.15, 0.2) is 0 Å². The van der Waals surface area contributed by atoms with Crippen LogP contribution in [0.2, 0.25) is 0 Å². The summed E-state index contributed by atoms with van der Waals surface area (Å²) in [6.07, 6.45) is 4.36. The van der Waals surface area contributed by atoms with E-state index in [-0.39, 0.29) is 6.61 Å². The van der Waals surface area contributed by atoms with E-state index >= 15 is 0 Å². The summed E-state index contributed by atoms with van der Waals surface area (Å²) in [5, 5.41) is 15.7. The van der Waals surface area contributed by atoms with E-state index in [4.69, 9.17) is 21.4 Å². The Hall–Kier alpha value is -2.59. The van der Waals surface area contributed by atoms with Gasteiger partial charge in [-0.3, -0.25) is 0 Å². The van der Waals surface area contributed by atoms with Gasteiger partial charge < -0.3 is 15.2 Å². The fraction of sp³-hybridized carbons (Fsp3) is 0.231. The highest BCUT2D eigenvalue weighted by Crippen LogP contribution is 2.30. The second-order valence-corrected chi connectivity index (χ2v) is 7.97. The monoisotopic (exact) mass is 419 g/mol. The number of aryl methyl sites for hydroxylation is 1. The first-order valence-corrected chi connectivity index (χ1v) is 10.7. The minimum atomic E-state index is 0.212. The SMILES string of the molecule is OCCCc1ccc(OC2=C(Cl)C=C(CNCc3cccc4ccccc34)C2)cc1. The molecule has 0 aromatic heterocycles. The number of ether oxygens (including phenoxy) is 1. The zero-order valence-electron chi connectivity index (χ0n) is 16.9. The largest absolute Gasteiger partial charge is 0.460 e. The van der Waals surface area contributed by atoms with E-state index in [1.54, 1.807) is 0 Å². The van der Waals surface area contributed by atoms with Gasteiger partial charge in [0.25, 0.3) is 0 Å². The summed E-state index contributed by atoms with van der Waals surface area (Å²) in [5.41, 5.74) is 3.71. The van der Waals surface area contributed by atoms with Crippen LogP contribution < -0.4 is 10.1 Å². The van der Waals surface area contributed by atoms with Gasteiger partial charge in [-0.05, 0) is 58.5 Å². The van der Waals surface area contributed by atoms with Crippen molar-refractivity contribution in [2.45, 2.75) is 25.8 Å². The third-order valence-electron chi connectivity index (χ3n) is 5.32. The first kappa shape index (κ1) is 20.7. The summed E-state index contributed by atoms with van der Waals surface area (Å²) in [5.74, 6) is 1.58. The van der Waals surface area contributed by atoms with Crippen molar-refractivity contribution in [3.8, 4) is 5.75 Å². The van der Waals surface area contributed by atoms with Crippen LogP contribution in [0.15, 0.2) is 89.2 Å². The first-order valence-electron chi connectivity index (χ1n) is 10.4. The Morgan fingerprint density at radius 1 is 0.933 bits per heavy atom. The van der Waals surface area contributed by atoms with Gasteiger partial charge >= 0.3 is 0 Å². The number of fused-ring (bicyclic) bond motifs is 1. The maximum Gasteiger partial charge on any atom is 0.127 e. The fourth-order valence-corrected chi connectivity index (χ4v) is 4.01. The summed E-state index contributed by atoms with van der Waals surface area (Å²) in [4.78, 5) is 0. The zero-order valence-corrected chi connectivity index (χ0v) is 17.7. The number of hydrogen-bond donors (Lipinski definition) is 2. The van der Waals surface area contributed by atoms with Gasteiger partial charge in [-0.1, -0.05) is 66.2 Å². The van der Waals surface area contributed by atoms with Crippen molar-refractivity contribution in [2.24, 2.45) is 0 Å². The lowest BCUT2D eigenvalue weighted by molar-refractivity contribution is 0.288. The van der Waals surface area contributed by atoms with Crippen molar-refractivity contribution in [1.29, 1.82) is 0 Å². The van der Waals surface area contributed by atoms with Crippen LogP contribution >= 0.6 is 11.6 Å². The molecule has 4 heteroatoms. The summed E-state index contributed by atoms with van der Waals surface area (Å²) >= 11 is 6.42. The normalized spacial score (nSPS) is 13.7. The first-order chi connectivity index (χ1) is 14.7. The molecule has 0 saturated heterocycles. The molecule has 2 N–H and O–H groups in total. The van der Waals surface area contributed by atoms with Crippen LogP contribution in [0.1, 0.15) is 24.0 Å². The van der Waals surface area contributed by atoms with E-state index in [2.05, 4.69) is 47.8 Å². The number of aliphatic hydroxyl groups is 1. The van der Waals surface area contributed by atoms with E-state index in [0.29, 0.717) is 11.5 Å². The van der Waals surface area contributed by atoms with E-state index in [9.17, 15) is 0 Å². The lowest BCUT2D eigenvalue weighted by atomic mass is 10.0. The number of nitrogens with one attached hydrogen (secondary N) is 1. The lowest BCUT2D eigenvalue weighted by Gasteiger charge is -2.11. The van der Waals surface area contributed by atoms with Crippen LogP contribution in [-0.4, -0.2) is 18.3 Å². The molecule has 0 unspecified atom stereocenters. The number of hydrogen-bond acceptors (Lipinski definition) is 3. The Bertz CT molecular complexity index is 1060. The molecule has 3 aromatic carbocycles. The predicted octanol–water partition coefficient (Wildman–Crippen LogP) is 5.71. The molecule has 0 amide bonds. The third kappa shape index (κ3) is 5.11. The Labute approximate surface area is 182 Å². The molecular formula is C26H26ClNO2. The smallest absolute Gasteiger partial charge is 0.127 e. The highest BCUT2D eigenvalue weighted by atomic mass is 35.5. The van der Waals surface area contributed by atoms with Crippen LogP contribution in [0.3, 0.4) is 0 Å². The van der Waals surface area contributed by atoms with Crippen LogP contribution in [0.5, 0.6) is 5.75 Å². The fourth-order valence-electron chi connectivity index (χ4n) is 3.75. The molecular weight excluding hydrogens is 394 g/mol. The van der Waals surface area contributed by atoms with Gasteiger partial charge in [-0.15, -0.1) is 0 Å². The molecule has 0 heterocycles. The minimum absolute atomic E-state index is 0.212. The van der Waals surface area contributed by atoms with Crippen molar-refractivity contribution in [1.82, 2.24) is 5.32 Å². The molecule has 0 aliphatic heterocycles. The van der Waals surface area contributed by atoms with Gasteiger partial charge in [0.2, 0.25) is 0 Å². The van der Waals surface area contributed by atoms with Crippen LogP contribution in [0.4, 0.5) is 0 Å². The second kappa shape index (κ2) is 9.94. The van der Waals surface area contributed by atoms with Gasteiger partial charge in [0, 0.05) is 26.1 Å². The van der Waals surface area contributed by atoms with Crippen LogP contribution in [0, 0.1) is 0 Å². The Morgan fingerprint density at radius 3 is 2.57 bits per heavy atom. The minimum Gasteiger partial charge on any atom is -0.460 e. The predicted molar refractivity (Wildman–Crippen MR) is 124 cm³/mol. The van der Waals surface area contributed by atoms with E-state index in [1.807, 2.05) is 30.3 Å². The Kier molecular flexibility index (Phi) is 6.85. The molecule has 0 atom stereocenters. The molecule has 3 nitrogen and oxygen atoms in total. The zero-order chi connectivity index (χ0) is 20.8. The molecule has 30 heavy (non-hydrogen) atoms. The van der Waals surface area contributed by atoms with Gasteiger partial charge in [-0.2, -0.15) is 0 Å². The van der Waals surface area contributed by atoms with Crippen molar-refractivity contribution >= 4 is 22.4 Å². The summed E-state index contributed by atoms with van der Waals surface area (Å²) in [6, 6.07) is 22.9. The van der Waals surface area contributed by atoms with Gasteiger partial charge in [0.05, 0.1) is 5.03 Å². The average molecular weight is 420 g/mol. The maximum absolute atomic E-state index is 8.94. The summed E-state index contributed by atoms with van der Waals surface area (Å²) < 4.78 is 6.02. The highest BCUT2D eigenvalue weighted by Gasteiger charge is 2.17. The number of rotatable bonds is 9. The van der Waals surface area contributed by atoms with Crippen LogP contribution in [0.25, 0.3) is 10.8 Å². The summed E-state index contributed by atoms with van der Waals surface area (Å²) in [6.45, 7) is 1.79. The molecule has 0 bridgehead atoms. The van der Waals surface area contributed by atoms with E-state index in [1.165, 1.54) is 27.5 Å². The number of allylic oxidation sites excluding steroid dienone is 3. The molecule has 4 rings (SSSR count). The molecule has 0 radical (unpaired) electrons. The van der Waals surface area contributed by atoms with Crippen molar-refractivity contribution < 1.29 is 9.84 Å². The third-order valence-corrected chi connectivity index (χ3v) is 5.64. The van der Waals surface area contributed by atoms with E-state index < -0.39 is 0 Å². The van der Waals surface area contributed by atoms with Crippen molar-refractivity contribution in [2.75, 3.05) is 13.2 Å². The summed E-state index contributed by atoms with van der Waals surface area (Å²) in [7, 11) is 0. The van der Waals surface area contributed by atoms with Crippen molar-refractivity contribution in [3.63, 3.8) is 0 Å². The topological polar surface area (TPSA) is 41.5 Å². The standard InChI is InChI=1S/C26H26ClNO2/c27-25-15-20(16-26(25)30-23-12-10-19(11-13-23)5-4-14-29)17-28-18-22-8-3-7-21-6-1-2-9-24(21)22/h1-3,6-13,15,28-29H,4-5,14,16-18H2. The van der Waals surface area contributed by atoms with Gasteiger partial charge in [-0.25, -0.2) is 0 Å². The molecule has 0 spiro atoms. The van der Waals surface area contributed by atoms with Crippen molar-refractivity contribution in [3.05, 3.63) is 100 Å². The molecule has 154 valence electrons. The quantitative estimate of drug-likeness (QED) is 0.466. The molecule has 1 aliphatic rings. The maximum atomic E-state index is 8.94. The molecule has 0 fully saturated rings. The molecule has 0 saturated carbocycles. The molecule has 3 aromatic rings. The molecule has 1 aliphatic carbocycles. The lowest BCUT2D eigenvalue weighted by Crippen LogP contribution is -2.16. The second-order valence-electron chi connectivity index (χ2n) is 7.57. The number of benzene rings is 3. The average Bonchev–Trinajstić information content (AvgIpc) is 3.12. The van der Waals surface area contributed by atoms with Crippen LogP contribution in [-0.2, 0) is 13.0 Å². The number of aliphatic hydroxyl groups excluding tert-OH is 1. The number of halogens is 1. The van der Waals surface area contributed by atoms with E-state index in [0.717, 1.165) is 37.4 Å². The Balaban J connectivity index is 1.29. The van der Waals surface area contributed by atoms with Gasteiger partial charge in [0.1, 0.15) is 11.5 Å². The Morgan fingerprint density at radius 2 is 1.73 bits per heavy atom. The highest BCUT2D eigenvalue weighted by molar-refractivity contribution is 6.31.